The number of amides is 3. The number of anilines is 1. The molecular formula is C19H15N3O4. The molecule has 7 nitrogen and oxygen atoms in total. The molecule has 7 heteroatoms. The topological polar surface area (TPSA) is 89.4 Å². The fraction of sp³-hybridized carbons (Fsp3) is 0.105. The summed E-state index contributed by atoms with van der Waals surface area (Å²) >= 11 is 0. The normalized spacial score (nSPS) is 11.1. The van der Waals surface area contributed by atoms with Crippen LogP contribution in [0.2, 0.25) is 0 Å². The molecule has 0 bridgehead atoms. The zero-order valence-corrected chi connectivity index (χ0v) is 13.9. The lowest BCUT2D eigenvalue weighted by atomic mass is 10.1. The number of fused-ring (bicyclic) bond motifs is 4. The van der Waals surface area contributed by atoms with Gasteiger partial charge in [0.25, 0.3) is 11.8 Å². The van der Waals surface area contributed by atoms with Crippen molar-refractivity contribution in [3.63, 3.8) is 0 Å². The summed E-state index contributed by atoms with van der Waals surface area (Å²) in [5.74, 6) is -0.938. The fourth-order valence-corrected chi connectivity index (χ4v) is 2.98. The van der Waals surface area contributed by atoms with E-state index in [4.69, 9.17) is 4.74 Å². The van der Waals surface area contributed by atoms with Crippen LogP contribution in [0, 0.1) is 0 Å². The van der Waals surface area contributed by atoms with Gasteiger partial charge in [0.05, 0.1) is 29.1 Å². The molecule has 0 unspecified atom stereocenters. The Kier molecular flexibility index (Phi) is 3.69. The smallest absolute Gasteiger partial charge is 0.414 e. The first kappa shape index (κ1) is 15.9. The van der Waals surface area contributed by atoms with Crippen molar-refractivity contribution < 1.29 is 19.1 Å². The molecule has 2 heterocycles. The van der Waals surface area contributed by atoms with E-state index >= 15 is 0 Å². The van der Waals surface area contributed by atoms with Gasteiger partial charge in [-0.2, -0.15) is 0 Å². The van der Waals surface area contributed by atoms with E-state index in [1.54, 1.807) is 25.1 Å². The standard InChI is InChI=1S/C19H15N3O4/c1-2-26-19(25)21-17(23)11-7-3-5-9-13(11)20-18(24)16-15-12-8-4-6-10-14(12)22(15)16/h3-10H,2H2,1H3,(H,20,24)(H,21,23,25). The number of carbonyl (C=O) groups excluding carboxylic acids is 3. The molecular weight excluding hydrogens is 334 g/mol. The Morgan fingerprint density at radius 1 is 1.00 bits per heavy atom. The number of ether oxygens (including phenoxy) is 1. The molecule has 26 heavy (non-hydrogen) atoms. The van der Waals surface area contributed by atoms with Crippen LogP contribution in [0.25, 0.3) is 16.6 Å². The van der Waals surface area contributed by atoms with Gasteiger partial charge in [0.15, 0.2) is 0 Å². The minimum atomic E-state index is -0.828. The van der Waals surface area contributed by atoms with Crippen LogP contribution in [0.1, 0.15) is 27.8 Å². The van der Waals surface area contributed by atoms with Gasteiger partial charge in [0.2, 0.25) is 0 Å². The molecule has 2 aromatic carbocycles. The third-order valence-corrected chi connectivity index (χ3v) is 4.15. The molecule has 0 saturated carbocycles. The number of rotatable bonds is 4. The molecule has 2 aliphatic rings. The second-order valence-electron chi connectivity index (χ2n) is 5.72. The molecule has 4 rings (SSSR count). The van der Waals surface area contributed by atoms with Crippen LogP contribution in [0.3, 0.4) is 0 Å². The lowest BCUT2D eigenvalue weighted by Crippen LogP contribution is -2.31. The number of nitrogens with zero attached hydrogens (tertiary/aromatic N) is 1. The highest BCUT2D eigenvalue weighted by Crippen LogP contribution is 2.44. The number of hydrogen-bond acceptors (Lipinski definition) is 4. The molecule has 2 aromatic rings. The highest BCUT2D eigenvalue weighted by atomic mass is 16.5. The van der Waals surface area contributed by atoms with Crippen molar-refractivity contribution in [3.8, 4) is 5.69 Å². The number of imide groups is 1. The molecule has 0 aliphatic carbocycles. The van der Waals surface area contributed by atoms with Crippen molar-refractivity contribution in [3.05, 3.63) is 59.8 Å². The van der Waals surface area contributed by atoms with Crippen LogP contribution in [0.15, 0.2) is 48.5 Å². The second-order valence-corrected chi connectivity index (χ2v) is 5.72. The Balaban J connectivity index is 1.55. The molecule has 0 atom stereocenters. The average molecular weight is 349 g/mol. The summed E-state index contributed by atoms with van der Waals surface area (Å²) in [5, 5.41) is 5.92. The SMILES string of the molecule is CCOC(=O)NC(=O)c1ccccc1NC(=O)c1c2c3ccccc3n1-2. The van der Waals surface area contributed by atoms with E-state index in [0.717, 1.165) is 16.6 Å². The quantitative estimate of drug-likeness (QED) is 0.592. The number of benzene rings is 2. The van der Waals surface area contributed by atoms with E-state index in [0.29, 0.717) is 11.4 Å². The first-order chi connectivity index (χ1) is 12.6. The Bertz CT molecular complexity index is 1030. The number of aromatic nitrogens is 1. The summed E-state index contributed by atoms with van der Waals surface area (Å²) in [5.41, 5.74) is 2.99. The lowest BCUT2D eigenvalue weighted by molar-refractivity contribution is 0.0925. The zero-order chi connectivity index (χ0) is 18.3. The summed E-state index contributed by atoms with van der Waals surface area (Å²) < 4.78 is 6.57. The molecule has 0 aromatic heterocycles. The third kappa shape index (κ3) is 2.50. The van der Waals surface area contributed by atoms with E-state index in [2.05, 4.69) is 10.6 Å². The fourth-order valence-electron chi connectivity index (χ4n) is 2.98. The maximum Gasteiger partial charge on any atom is 0.414 e. The summed E-state index contributed by atoms with van der Waals surface area (Å²) in [6.45, 7) is 1.80. The number of alkyl carbamates (subject to hydrolysis) is 1. The van der Waals surface area contributed by atoms with E-state index in [-0.39, 0.29) is 18.1 Å². The Morgan fingerprint density at radius 3 is 2.50 bits per heavy atom. The van der Waals surface area contributed by atoms with E-state index in [1.165, 1.54) is 6.07 Å². The molecule has 0 saturated heterocycles. The van der Waals surface area contributed by atoms with Gasteiger partial charge in [-0.25, -0.2) is 4.79 Å². The number of para-hydroxylation sites is 2. The summed E-state index contributed by atoms with van der Waals surface area (Å²) in [6.07, 6.45) is -0.828. The van der Waals surface area contributed by atoms with Crippen LogP contribution in [-0.2, 0) is 4.74 Å². The van der Waals surface area contributed by atoms with Gasteiger partial charge in [-0.3, -0.25) is 14.9 Å². The number of nitrogens with one attached hydrogen (secondary N) is 2. The van der Waals surface area contributed by atoms with Crippen LogP contribution < -0.4 is 10.6 Å². The minimum Gasteiger partial charge on any atom is -0.450 e. The predicted molar refractivity (Wildman–Crippen MR) is 95.7 cm³/mol. The maximum absolute atomic E-state index is 12.6. The first-order valence-corrected chi connectivity index (χ1v) is 8.14. The number of carbonyl (C=O) groups is 3. The Hall–Kier alpha value is -3.61. The average Bonchev–Trinajstić information content (AvgIpc) is 3.29. The highest BCUT2D eigenvalue weighted by Gasteiger charge is 2.37. The maximum atomic E-state index is 12.6. The minimum absolute atomic E-state index is 0.158. The molecule has 130 valence electrons. The van der Waals surface area contributed by atoms with Crippen LogP contribution in [0.4, 0.5) is 10.5 Å². The Labute approximate surface area is 148 Å². The van der Waals surface area contributed by atoms with Gasteiger partial charge in [-0.1, -0.05) is 30.3 Å². The van der Waals surface area contributed by atoms with E-state index in [9.17, 15) is 14.4 Å². The van der Waals surface area contributed by atoms with E-state index < -0.39 is 12.0 Å². The number of hydrogen-bond donors (Lipinski definition) is 2. The van der Waals surface area contributed by atoms with Crippen molar-refractivity contribution in [2.24, 2.45) is 0 Å². The third-order valence-electron chi connectivity index (χ3n) is 4.15. The van der Waals surface area contributed by atoms with Gasteiger partial charge in [-0.15, -0.1) is 0 Å². The van der Waals surface area contributed by atoms with Crippen LogP contribution in [0.5, 0.6) is 0 Å². The zero-order valence-electron chi connectivity index (χ0n) is 13.9. The first-order valence-electron chi connectivity index (χ1n) is 8.14. The Morgan fingerprint density at radius 2 is 1.73 bits per heavy atom. The van der Waals surface area contributed by atoms with Crippen molar-refractivity contribution >= 4 is 34.5 Å². The van der Waals surface area contributed by atoms with Crippen LogP contribution >= 0.6 is 0 Å². The van der Waals surface area contributed by atoms with Crippen molar-refractivity contribution in [2.75, 3.05) is 11.9 Å². The molecule has 3 amide bonds. The lowest BCUT2D eigenvalue weighted by Gasteiger charge is -2.09. The molecule has 2 aliphatic heterocycles. The largest absolute Gasteiger partial charge is 0.450 e. The van der Waals surface area contributed by atoms with Crippen molar-refractivity contribution in [1.82, 2.24) is 9.88 Å². The van der Waals surface area contributed by atoms with Gasteiger partial charge in [-0.05, 0) is 25.1 Å². The molecule has 0 spiro atoms. The molecule has 2 N–H and O–H groups in total. The van der Waals surface area contributed by atoms with Crippen molar-refractivity contribution in [2.45, 2.75) is 6.92 Å². The summed E-state index contributed by atoms with van der Waals surface area (Å²) in [7, 11) is 0. The van der Waals surface area contributed by atoms with E-state index in [1.807, 2.05) is 28.8 Å². The monoisotopic (exact) mass is 349 g/mol. The van der Waals surface area contributed by atoms with Crippen molar-refractivity contribution in [1.29, 1.82) is 0 Å². The van der Waals surface area contributed by atoms with Gasteiger partial charge in [0.1, 0.15) is 5.69 Å². The second kappa shape index (κ2) is 6.03. The van der Waals surface area contributed by atoms with Crippen LogP contribution in [-0.4, -0.2) is 29.1 Å². The summed E-state index contributed by atoms with van der Waals surface area (Å²) in [6, 6.07) is 14.2. The molecule has 0 radical (unpaired) electrons. The predicted octanol–water partition coefficient (Wildman–Crippen LogP) is 3.08. The van der Waals surface area contributed by atoms with Gasteiger partial charge < -0.3 is 14.6 Å². The van der Waals surface area contributed by atoms with Gasteiger partial charge in [0, 0.05) is 5.39 Å². The summed E-state index contributed by atoms with van der Waals surface area (Å²) in [4.78, 5) is 36.3. The highest BCUT2D eigenvalue weighted by molar-refractivity contribution is 6.20. The van der Waals surface area contributed by atoms with Gasteiger partial charge >= 0.3 is 6.09 Å². The molecule has 0 fully saturated rings.